The van der Waals surface area contributed by atoms with Crippen molar-refractivity contribution in [2.24, 2.45) is 5.84 Å². The molecule has 0 aromatic carbocycles. The van der Waals surface area contributed by atoms with Crippen LogP contribution in [0.5, 0.6) is 0 Å². The van der Waals surface area contributed by atoms with Crippen LogP contribution < -0.4 is 11.3 Å². The molecule has 0 radical (unpaired) electrons. The van der Waals surface area contributed by atoms with E-state index in [4.69, 9.17) is 5.84 Å². The third-order valence-corrected chi connectivity index (χ3v) is 2.06. The highest BCUT2D eigenvalue weighted by Gasteiger charge is 2.05. The zero-order valence-corrected chi connectivity index (χ0v) is 6.80. The van der Waals surface area contributed by atoms with Gasteiger partial charge in [0.1, 0.15) is 5.01 Å². The summed E-state index contributed by atoms with van der Waals surface area (Å²) in [7, 11) is 0. The Balaban J connectivity index is 2.35. The summed E-state index contributed by atoms with van der Waals surface area (Å²) < 4.78 is 3.94. The Morgan fingerprint density at radius 2 is 2.50 bits per heavy atom. The number of hydrogen-bond donors (Lipinski definition) is 3. The fourth-order valence-electron chi connectivity index (χ4n) is 0.767. The van der Waals surface area contributed by atoms with E-state index in [0.29, 0.717) is 5.95 Å². The van der Waals surface area contributed by atoms with Crippen LogP contribution in [0.3, 0.4) is 0 Å². The van der Waals surface area contributed by atoms with E-state index in [0.717, 1.165) is 10.6 Å². The van der Waals surface area contributed by atoms with Crippen LogP contribution >= 0.6 is 11.5 Å². The molecule has 2 rings (SSSR count). The second-order valence-corrected chi connectivity index (χ2v) is 2.81. The van der Waals surface area contributed by atoms with Crippen molar-refractivity contribution in [1.29, 1.82) is 0 Å². The molecule has 6 nitrogen and oxygen atoms in total. The van der Waals surface area contributed by atoms with Crippen LogP contribution in [0.4, 0.5) is 5.95 Å². The van der Waals surface area contributed by atoms with E-state index in [-0.39, 0.29) is 0 Å². The zero-order valence-electron chi connectivity index (χ0n) is 5.98. The van der Waals surface area contributed by atoms with Crippen LogP contribution in [0.15, 0.2) is 12.4 Å². The first kappa shape index (κ1) is 7.19. The molecule has 12 heavy (non-hydrogen) atoms. The van der Waals surface area contributed by atoms with Gasteiger partial charge in [-0.05, 0) is 11.5 Å². The first-order valence-electron chi connectivity index (χ1n) is 3.19. The van der Waals surface area contributed by atoms with E-state index >= 15 is 0 Å². The highest BCUT2D eigenvalue weighted by Crippen LogP contribution is 2.20. The summed E-state index contributed by atoms with van der Waals surface area (Å²) >= 11 is 1.27. The van der Waals surface area contributed by atoms with Crippen LogP contribution in [-0.4, -0.2) is 19.6 Å². The van der Waals surface area contributed by atoms with Gasteiger partial charge in [-0.2, -0.15) is 14.5 Å². The number of nitrogen functional groups attached to an aromatic ring is 1. The number of rotatable bonds is 2. The predicted octanol–water partition coefficient (Wildman–Crippen LogP) is 0.214. The molecule has 0 saturated carbocycles. The fraction of sp³-hybridized carbons (Fsp3) is 0. The lowest BCUT2D eigenvalue weighted by Crippen LogP contribution is -2.07. The van der Waals surface area contributed by atoms with E-state index in [1.165, 1.54) is 11.5 Å². The zero-order chi connectivity index (χ0) is 8.39. The second-order valence-electron chi connectivity index (χ2n) is 2.05. The molecule has 0 aliphatic heterocycles. The molecule has 0 aliphatic carbocycles. The van der Waals surface area contributed by atoms with Crippen molar-refractivity contribution in [3.8, 4) is 10.6 Å². The fourth-order valence-corrected chi connectivity index (χ4v) is 1.38. The number of hydrazine groups is 1. The van der Waals surface area contributed by atoms with Gasteiger partial charge in [0.2, 0.25) is 5.95 Å². The number of hydrogen-bond acceptors (Lipinski definition) is 6. The first-order chi connectivity index (χ1) is 5.90. The highest BCUT2D eigenvalue weighted by molar-refractivity contribution is 7.09. The summed E-state index contributed by atoms with van der Waals surface area (Å²) in [6.07, 6.45) is 3.43. The molecule has 0 saturated heterocycles. The monoisotopic (exact) mass is 182 g/mol. The molecule has 7 heteroatoms. The van der Waals surface area contributed by atoms with Gasteiger partial charge in [0.05, 0.1) is 6.20 Å². The molecule has 4 N–H and O–H groups in total. The largest absolute Gasteiger partial charge is 0.292 e. The maximum atomic E-state index is 5.12. The molecule has 2 aromatic heterocycles. The average molecular weight is 182 g/mol. The van der Waals surface area contributed by atoms with Crippen molar-refractivity contribution in [2.45, 2.75) is 0 Å². The normalized spacial score (nSPS) is 10.1. The molecule has 2 heterocycles. The molecular formula is C5H6N6S. The smallest absolute Gasteiger partial charge is 0.249 e. The summed E-state index contributed by atoms with van der Waals surface area (Å²) in [6.45, 7) is 0. The van der Waals surface area contributed by atoms with Crippen molar-refractivity contribution >= 4 is 17.5 Å². The highest BCUT2D eigenvalue weighted by atomic mass is 32.1. The summed E-state index contributed by atoms with van der Waals surface area (Å²) in [6, 6.07) is 0. The Kier molecular flexibility index (Phi) is 1.72. The number of nitrogens with zero attached hydrogens (tertiary/aromatic N) is 3. The van der Waals surface area contributed by atoms with E-state index in [1.807, 2.05) is 0 Å². The molecule has 0 fully saturated rings. The minimum absolute atomic E-state index is 0.427. The Morgan fingerprint density at radius 3 is 3.08 bits per heavy atom. The molecule has 2 aromatic rings. The second kappa shape index (κ2) is 2.88. The number of nitrogens with one attached hydrogen (secondary N) is 2. The quantitative estimate of drug-likeness (QED) is 0.456. The topological polar surface area (TPSA) is 92.5 Å². The van der Waals surface area contributed by atoms with Gasteiger partial charge in [-0.25, -0.2) is 5.84 Å². The van der Waals surface area contributed by atoms with E-state index in [9.17, 15) is 0 Å². The third-order valence-electron chi connectivity index (χ3n) is 1.30. The molecule has 0 unspecified atom stereocenters. The van der Waals surface area contributed by atoms with Crippen molar-refractivity contribution in [3.63, 3.8) is 0 Å². The summed E-state index contributed by atoms with van der Waals surface area (Å²) in [5.74, 6) is 5.55. The molecular weight excluding hydrogens is 176 g/mol. The number of aromatic amines is 1. The van der Waals surface area contributed by atoms with Gasteiger partial charge in [-0.1, -0.05) is 0 Å². The van der Waals surface area contributed by atoms with Crippen LogP contribution in [0.25, 0.3) is 10.6 Å². The molecule has 0 spiro atoms. The van der Waals surface area contributed by atoms with Gasteiger partial charge < -0.3 is 0 Å². The van der Waals surface area contributed by atoms with Crippen molar-refractivity contribution in [2.75, 3.05) is 5.43 Å². The van der Waals surface area contributed by atoms with Gasteiger partial charge >= 0.3 is 0 Å². The lowest BCUT2D eigenvalue weighted by atomic mass is 10.4. The summed E-state index contributed by atoms with van der Waals surface area (Å²) in [5, 5.41) is 7.28. The minimum atomic E-state index is 0.427. The van der Waals surface area contributed by atoms with E-state index in [2.05, 4.69) is 25.0 Å². The van der Waals surface area contributed by atoms with Crippen LogP contribution in [0, 0.1) is 0 Å². The van der Waals surface area contributed by atoms with E-state index in [1.54, 1.807) is 12.4 Å². The van der Waals surface area contributed by atoms with Gasteiger partial charge in [-0.3, -0.25) is 10.5 Å². The Morgan fingerprint density at radius 1 is 1.58 bits per heavy atom. The predicted molar refractivity (Wildman–Crippen MR) is 45.3 cm³/mol. The minimum Gasteiger partial charge on any atom is -0.292 e. The van der Waals surface area contributed by atoms with Gasteiger partial charge in [0.15, 0.2) is 0 Å². The first-order valence-corrected chi connectivity index (χ1v) is 3.97. The van der Waals surface area contributed by atoms with Crippen LogP contribution in [0.2, 0.25) is 0 Å². The summed E-state index contributed by atoms with van der Waals surface area (Å²) in [4.78, 5) is 4.08. The van der Waals surface area contributed by atoms with Crippen LogP contribution in [0.1, 0.15) is 0 Å². The SMILES string of the molecule is NNc1nsc(-c2cn[nH]c2)n1. The Bertz CT molecular complexity index is 352. The molecule has 0 amide bonds. The van der Waals surface area contributed by atoms with Crippen molar-refractivity contribution < 1.29 is 0 Å². The molecule has 0 atom stereocenters. The Hall–Kier alpha value is -1.47. The van der Waals surface area contributed by atoms with Crippen molar-refractivity contribution in [1.82, 2.24) is 19.6 Å². The van der Waals surface area contributed by atoms with Crippen LogP contribution in [-0.2, 0) is 0 Å². The molecule has 0 aliphatic rings. The maximum absolute atomic E-state index is 5.12. The number of aromatic nitrogens is 4. The van der Waals surface area contributed by atoms with Gasteiger partial charge in [0, 0.05) is 11.8 Å². The third kappa shape index (κ3) is 1.15. The van der Waals surface area contributed by atoms with Crippen molar-refractivity contribution in [3.05, 3.63) is 12.4 Å². The molecule has 0 bridgehead atoms. The summed E-state index contributed by atoms with van der Waals surface area (Å²) in [5.41, 5.74) is 3.28. The number of H-pyrrole nitrogens is 1. The number of anilines is 1. The average Bonchev–Trinajstić information content (AvgIpc) is 2.75. The number of nitrogens with two attached hydrogens (primary N) is 1. The Labute approximate surface area is 72.0 Å². The van der Waals surface area contributed by atoms with E-state index < -0.39 is 0 Å². The standard InChI is InChI=1S/C5H6N6S/c6-10-5-9-4(12-11-5)3-1-7-8-2-3/h1-2H,6H2,(H,7,8)(H,10,11). The van der Waals surface area contributed by atoms with Gasteiger partial charge in [-0.15, -0.1) is 0 Å². The lowest BCUT2D eigenvalue weighted by molar-refractivity contribution is 1.09. The van der Waals surface area contributed by atoms with Gasteiger partial charge in [0.25, 0.3) is 0 Å². The molecule has 62 valence electrons. The lowest BCUT2D eigenvalue weighted by Gasteiger charge is -1.86. The maximum Gasteiger partial charge on any atom is 0.249 e.